The van der Waals surface area contributed by atoms with Crippen molar-refractivity contribution >= 4 is 12.1 Å². The normalized spacial score (nSPS) is 18.4. The van der Waals surface area contributed by atoms with Gasteiger partial charge in [0.25, 0.3) is 0 Å². The van der Waals surface area contributed by atoms with Gasteiger partial charge in [0, 0.05) is 51.6 Å². The number of benzene rings is 1. The number of halogens is 3. The lowest BCUT2D eigenvalue weighted by Gasteiger charge is -2.45. The third-order valence-electron chi connectivity index (χ3n) is 6.54. The minimum atomic E-state index is -4.34. The third-order valence-corrected chi connectivity index (χ3v) is 6.54. The molecule has 1 aromatic carbocycles. The highest BCUT2D eigenvalue weighted by Crippen LogP contribution is 2.35. The molecule has 0 bridgehead atoms. The lowest BCUT2D eigenvalue weighted by molar-refractivity contribution is -0.137. The minimum absolute atomic E-state index is 0.286. The first kappa shape index (κ1) is 25.0. The number of hydrogen-bond donors (Lipinski definition) is 0. The van der Waals surface area contributed by atoms with Crippen LogP contribution in [-0.2, 0) is 28.7 Å². The molecule has 0 radical (unpaired) electrons. The van der Waals surface area contributed by atoms with Crippen LogP contribution in [0, 0.1) is 0 Å². The molecule has 0 saturated carbocycles. The van der Waals surface area contributed by atoms with E-state index in [4.69, 9.17) is 9.47 Å². The predicted molar refractivity (Wildman–Crippen MR) is 120 cm³/mol. The first-order valence-corrected chi connectivity index (χ1v) is 11.7. The Morgan fingerprint density at radius 2 is 1.74 bits per heavy atom. The summed E-state index contributed by atoms with van der Waals surface area (Å²) >= 11 is 0. The number of alkyl halides is 3. The van der Waals surface area contributed by atoms with Crippen LogP contribution in [0.4, 0.5) is 18.0 Å². The van der Waals surface area contributed by atoms with Crippen molar-refractivity contribution in [3.8, 4) is 0 Å². The Bertz CT molecular complexity index is 1030. The summed E-state index contributed by atoms with van der Waals surface area (Å²) in [5.74, 6) is -0.435. The molecule has 2 saturated heterocycles. The van der Waals surface area contributed by atoms with E-state index in [9.17, 15) is 22.8 Å². The Balaban J connectivity index is 1.26. The quantitative estimate of drug-likeness (QED) is 0.548. The summed E-state index contributed by atoms with van der Waals surface area (Å²) in [6.45, 7) is 4.81. The Kier molecular flexibility index (Phi) is 7.30. The molecule has 1 amide bonds. The molecular formula is C25H28F3N3O4. The first-order chi connectivity index (χ1) is 16.7. The fraction of sp³-hybridized carbons (Fsp3) is 0.480. The fourth-order valence-corrected chi connectivity index (χ4v) is 4.45. The lowest BCUT2D eigenvalue weighted by Crippen LogP contribution is -2.54. The largest absolute Gasteiger partial charge is 0.462 e. The molecule has 35 heavy (non-hydrogen) atoms. The Hall–Kier alpha value is -3.14. The predicted octanol–water partition coefficient (Wildman–Crippen LogP) is 4.65. The van der Waals surface area contributed by atoms with Crippen LogP contribution in [0.25, 0.3) is 0 Å². The van der Waals surface area contributed by atoms with Crippen molar-refractivity contribution in [1.82, 2.24) is 14.8 Å². The number of carbonyl (C=O) groups excluding carboxylic acids is 2. The number of likely N-dealkylation sites (tertiary alicyclic amines) is 1. The summed E-state index contributed by atoms with van der Waals surface area (Å²) in [6, 6.07) is 8.57. The number of ether oxygens (including phenoxy) is 2. The molecule has 2 fully saturated rings. The van der Waals surface area contributed by atoms with Crippen LogP contribution in [0.5, 0.6) is 0 Å². The molecule has 2 aliphatic rings. The van der Waals surface area contributed by atoms with Crippen molar-refractivity contribution in [2.24, 2.45) is 0 Å². The molecule has 10 heteroatoms. The first-order valence-electron chi connectivity index (χ1n) is 11.7. The maximum Gasteiger partial charge on any atom is 0.416 e. The van der Waals surface area contributed by atoms with E-state index in [2.05, 4.69) is 9.88 Å². The zero-order valence-corrected chi connectivity index (χ0v) is 19.5. The summed E-state index contributed by atoms with van der Waals surface area (Å²) in [4.78, 5) is 32.5. The molecule has 4 rings (SSSR count). The topological polar surface area (TPSA) is 72.0 Å². The number of hydrogen-bond acceptors (Lipinski definition) is 6. The summed E-state index contributed by atoms with van der Waals surface area (Å²) in [5.41, 5.74) is 0.673. The molecule has 0 unspecified atom stereocenters. The summed E-state index contributed by atoms with van der Waals surface area (Å²) < 4.78 is 49.1. The summed E-state index contributed by atoms with van der Waals surface area (Å²) in [7, 11) is 0. The average molecular weight is 492 g/mol. The number of nitrogens with zero attached hydrogens (tertiary/aromatic N) is 3. The van der Waals surface area contributed by atoms with Gasteiger partial charge in [0.2, 0.25) is 0 Å². The van der Waals surface area contributed by atoms with Crippen molar-refractivity contribution in [1.29, 1.82) is 0 Å². The van der Waals surface area contributed by atoms with Crippen LogP contribution < -0.4 is 0 Å². The SMILES string of the molecule is CCOC(=O)c1ccc(CN2CCC3(CCN(Cc4ccc(C(F)(F)F)cc4)CC3)OC2=O)nc1. The van der Waals surface area contributed by atoms with Crippen LogP contribution >= 0.6 is 0 Å². The highest BCUT2D eigenvalue weighted by Gasteiger charge is 2.43. The molecule has 188 valence electrons. The molecule has 1 aromatic heterocycles. The van der Waals surface area contributed by atoms with E-state index in [1.54, 1.807) is 24.0 Å². The van der Waals surface area contributed by atoms with E-state index in [0.717, 1.165) is 17.7 Å². The van der Waals surface area contributed by atoms with Crippen molar-refractivity contribution in [2.45, 2.75) is 51.1 Å². The van der Waals surface area contributed by atoms with Crippen LogP contribution in [0.1, 0.15) is 53.4 Å². The number of rotatable bonds is 6. The van der Waals surface area contributed by atoms with E-state index in [1.165, 1.54) is 18.3 Å². The van der Waals surface area contributed by atoms with Gasteiger partial charge in [-0.15, -0.1) is 0 Å². The maximum atomic E-state index is 12.8. The van der Waals surface area contributed by atoms with E-state index in [1.807, 2.05) is 0 Å². The van der Waals surface area contributed by atoms with Gasteiger partial charge in [0.15, 0.2) is 0 Å². The Morgan fingerprint density at radius 1 is 1.06 bits per heavy atom. The fourth-order valence-electron chi connectivity index (χ4n) is 4.45. The lowest BCUT2D eigenvalue weighted by atomic mass is 9.86. The van der Waals surface area contributed by atoms with Gasteiger partial charge in [-0.05, 0) is 36.8 Å². The highest BCUT2D eigenvalue weighted by atomic mass is 19.4. The maximum absolute atomic E-state index is 12.8. The van der Waals surface area contributed by atoms with Gasteiger partial charge in [-0.1, -0.05) is 12.1 Å². The van der Waals surface area contributed by atoms with Crippen molar-refractivity contribution in [3.05, 3.63) is 65.0 Å². The van der Waals surface area contributed by atoms with Crippen molar-refractivity contribution in [3.63, 3.8) is 0 Å². The van der Waals surface area contributed by atoms with Gasteiger partial charge in [-0.2, -0.15) is 13.2 Å². The number of piperidine rings is 1. The van der Waals surface area contributed by atoms with Crippen molar-refractivity contribution in [2.75, 3.05) is 26.2 Å². The zero-order chi connectivity index (χ0) is 25.1. The van der Waals surface area contributed by atoms with Crippen LogP contribution in [0.15, 0.2) is 42.6 Å². The minimum Gasteiger partial charge on any atom is -0.462 e. The molecule has 7 nitrogen and oxygen atoms in total. The smallest absolute Gasteiger partial charge is 0.416 e. The number of pyridine rings is 1. The van der Waals surface area contributed by atoms with Crippen LogP contribution in [0.2, 0.25) is 0 Å². The van der Waals surface area contributed by atoms with Gasteiger partial charge in [0.1, 0.15) is 5.60 Å². The molecule has 3 heterocycles. The standard InChI is InChI=1S/C25H28F3N3O4/c1-2-34-22(32)19-5-8-21(29-15-19)17-31-14-11-24(35-23(31)33)9-12-30(13-10-24)16-18-3-6-20(7-4-18)25(26,27)28/h3-8,15H,2,9-14,16-17H2,1H3. The second-order valence-electron chi connectivity index (χ2n) is 8.95. The number of amides is 1. The number of carbonyl (C=O) groups is 2. The monoisotopic (exact) mass is 491 g/mol. The third kappa shape index (κ3) is 6.11. The highest BCUT2D eigenvalue weighted by molar-refractivity contribution is 5.88. The second kappa shape index (κ2) is 10.2. The second-order valence-corrected chi connectivity index (χ2v) is 8.95. The zero-order valence-electron chi connectivity index (χ0n) is 19.5. The van der Waals surface area contributed by atoms with Crippen molar-refractivity contribution < 1.29 is 32.2 Å². The van der Waals surface area contributed by atoms with E-state index >= 15 is 0 Å². The molecular weight excluding hydrogens is 463 g/mol. The molecule has 2 aliphatic heterocycles. The average Bonchev–Trinajstić information content (AvgIpc) is 2.83. The Morgan fingerprint density at radius 3 is 2.31 bits per heavy atom. The van der Waals surface area contributed by atoms with Gasteiger partial charge < -0.3 is 14.4 Å². The van der Waals surface area contributed by atoms with Gasteiger partial charge in [-0.3, -0.25) is 9.88 Å². The Labute approximate surface area is 201 Å². The van der Waals surface area contributed by atoms with Gasteiger partial charge >= 0.3 is 18.2 Å². The summed E-state index contributed by atoms with van der Waals surface area (Å²) in [5, 5.41) is 0. The molecule has 0 N–H and O–H groups in total. The molecule has 1 spiro atoms. The van der Waals surface area contributed by atoms with Crippen LogP contribution in [0.3, 0.4) is 0 Å². The summed E-state index contributed by atoms with van der Waals surface area (Å²) in [6.07, 6.45) is -1.22. The molecule has 2 aromatic rings. The van der Waals surface area contributed by atoms with Crippen LogP contribution in [-0.4, -0.2) is 58.7 Å². The molecule has 0 aliphatic carbocycles. The van der Waals surface area contributed by atoms with Gasteiger partial charge in [0.05, 0.1) is 30.0 Å². The van der Waals surface area contributed by atoms with E-state index in [0.29, 0.717) is 56.7 Å². The van der Waals surface area contributed by atoms with E-state index < -0.39 is 23.3 Å². The molecule has 0 atom stereocenters. The van der Waals surface area contributed by atoms with E-state index in [-0.39, 0.29) is 19.2 Å². The number of aromatic nitrogens is 1. The van der Waals surface area contributed by atoms with Gasteiger partial charge in [-0.25, -0.2) is 9.59 Å². The number of esters is 1.